The molecule has 0 amide bonds. The maximum absolute atomic E-state index is 4.71. The molecule has 0 unspecified atom stereocenters. The predicted molar refractivity (Wildman–Crippen MR) is 118 cm³/mol. The van der Waals surface area contributed by atoms with Crippen molar-refractivity contribution in [2.24, 2.45) is 4.99 Å². The van der Waals surface area contributed by atoms with Crippen LogP contribution in [0.4, 0.5) is 5.69 Å². The lowest BCUT2D eigenvalue weighted by molar-refractivity contribution is 0.890. The molecule has 0 radical (unpaired) electrons. The monoisotopic (exact) mass is 393 g/mol. The van der Waals surface area contributed by atoms with Crippen molar-refractivity contribution < 1.29 is 0 Å². The van der Waals surface area contributed by atoms with Crippen molar-refractivity contribution >= 4 is 45.7 Å². The molecule has 1 aromatic carbocycles. The Morgan fingerprint density at radius 3 is 2.62 bits per heavy atom. The molecule has 2 heterocycles. The highest BCUT2D eigenvalue weighted by atomic mass is 32.1. The molecule has 0 saturated heterocycles. The van der Waals surface area contributed by atoms with Crippen molar-refractivity contribution in [2.75, 3.05) is 0 Å². The average Bonchev–Trinajstić information content (AvgIpc) is 3.38. The summed E-state index contributed by atoms with van der Waals surface area (Å²) in [6.45, 7) is 2.06. The summed E-state index contributed by atoms with van der Waals surface area (Å²) in [5.74, 6) is 0. The Kier molecular flexibility index (Phi) is 5.28. The number of aliphatic imine (C=N–C) groups is 1. The van der Waals surface area contributed by atoms with Gasteiger partial charge in [0.05, 0.1) is 10.8 Å². The van der Waals surface area contributed by atoms with Gasteiger partial charge >= 0.3 is 0 Å². The van der Waals surface area contributed by atoms with Crippen LogP contribution in [-0.2, 0) is 6.42 Å². The zero-order valence-corrected chi connectivity index (χ0v) is 17.1. The van der Waals surface area contributed by atoms with Gasteiger partial charge in [-0.2, -0.15) is 4.99 Å². The highest BCUT2D eigenvalue weighted by Gasteiger charge is 2.11. The first-order valence-electron chi connectivity index (χ1n) is 8.78. The predicted octanol–water partition coefficient (Wildman–Crippen LogP) is 7.84. The molecule has 130 valence electrons. The minimum Gasteiger partial charge on any atom is -0.194 e. The van der Waals surface area contributed by atoms with Crippen LogP contribution in [0, 0.1) is 6.92 Å². The quantitative estimate of drug-likeness (QED) is 0.244. The summed E-state index contributed by atoms with van der Waals surface area (Å²) in [6.07, 6.45) is 7.41. The summed E-state index contributed by atoms with van der Waals surface area (Å²) in [5.41, 5.74) is 4.86. The third-order valence-corrected chi connectivity index (χ3v) is 7.20. The number of hydrogen-bond donors (Lipinski definition) is 0. The number of thiocarbonyl (C=S) groups is 1. The molecular formula is C22H19NS3. The van der Waals surface area contributed by atoms with E-state index in [9.17, 15) is 0 Å². The van der Waals surface area contributed by atoms with Crippen LogP contribution in [0.5, 0.6) is 0 Å². The number of aryl methyl sites for hydroxylation is 1. The second kappa shape index (κ2) is 7.81. The fourth-order valence-corrected chi connectivity index (χ4v) is 5.59. The topological polar surface area (TPSA) is 12.4 Å². The second-order valence-corrected chi connectivity index (χ2v) is 9.00. The summed E-state index contributed by atoms with van der Waals surface area (Å²) in [7, 11) is 0. The summed E-state index contributed by atoms with van der Waals surface area (Å²) >= 11 is 8.49. The molecule has 4 heteroatoms. The van der Waals surface area contributed by atoms with Gasteiger partial charge in [0.15, 0.2) is 0 Å². The maximum Gasteiger partial charge on any atom is 0.0769 e. The van der Waals surface area contributed by atoms with Crippen molar-refractivity contribution in [2.45, 2.75) is 32.6 Å². The number of benzene rings is 1. The van der Waals surface area contributed by atoms with Crippen LogP contribution >= 0.6 is 34.9 Å². The van der Waals surface area contributed by atoms with E-state index in [1.165, 1.54) is 44.3 Å². The minimum atomic E-state index is 0.893. The standard InChI is InChI=1S/C22H19NS3/c1-15-12-17(6-8-19(15)23-14-24)20-10-11-22(26-20)21-9-7-18(25-21)13-16-4-2-3-5-16/h4,6-12H,2-3,5,13H2,1H3. The van der Waals surface area contributed by atoms with Crippen LogP contribution in [0.25, 0.3) is 20.2 Å². The van der Waals surface area contributed by atoms with E-state index in [1.54, 1.807) is 5.57 Å². The van der Waals surface area contributed by atoms with E-state index < -0.39 is 0 Å². The van der Waals surface area contributed by atoms with E-state index in [1.807, 2.05) is 28.7 Å². The van der Waals surface area contributed by atoms with Gasteiger partial charge in [0.1, 0.15) is 0 Å². The van der Waals surface area contributed by atoms with Gasteiger partial charge in [-0.15, -0.1) is 22.7 Å². The molecule has 0 atom stereocenters. The molecular weight excluding hydrogens is 374 g/mol. The lowest BCUT2D eigenvalue weighted by Crippen LogP contribution is -1.82. The van der Waals surface area contributed by atoms with Gasteiger partial charge in [0.25, 0.3) is 0 Å². The molecule has 2 aromatic heterocycles. The highest BCUT2D eigenvalue weighted by molar-refractivity contribution is 7.78. The molecule has 26 heavy (non-hydrogen) atoms. The van der Waals surface area contributed by atoms with Gasteiger partial charge in [-0.25, -0.2) is 0 Å². The largest absolute Gasteiger partial charge is 0.194 e. The lowest BCUT2D eigenvalue weighted by atomic mass is 10.1. The van der Waals surface area contributed by atoms with Crippen LogP contribution in [-0.4, -0.2) is 5.16 Å². The zero-order chi connectivity index (χ0) is 17.9. The van der Waals surface area contributed by atoms with Crippen LogP contribution < -0.4 is 0 Å². The zero-order valence-electron chi connectivity index (χ0n) is 14.6. The molecule has 0 fully saturated rings. The van der Waals surface area contributed by atoms with Gasteiger partial charge in [-0.3, -0.25) is 0 Å². The molecule has 0 aliphatic heterocycles. The summed E-state index contributed by atoms with van der Waals surface area (Å²) in [6, 6.07) is 15.3. The Bertz CT molecular complexity index is 1020. The summed E-state index contributed by atoms with van der Waals surface area (Å²) in [4.78, 5) is 9.58. The Morgan fingerprint density at radius 1 is 1.04 bits per heavy atom. The van der Waals surface area contributed by atoms with Gasteiger partial charge in [-0.1, -0.05) is 17.7 Å². The first-order valence-corrected chi connectivity index (χ1v) is 10.8. The molecule has 4 rings (SSSR count). The normalized spacial score (nSPS) is 13.5. The number of allylic oxidation sites excluding steroid dienone is 2. The van der Waals surface area contributed by atoms with E-state index in [4.69, 9.17) is 12.2 Å². The summed E-state index contributed by atoms with van der Waals surface area (Å²) < 4.78 is 0. The number of thiophene rings is 2. The van der Waals surface area contributed by atoms with E-state index in [-0.39, 0.29) is 0 Å². The third kappa shape index (κ3) is 3.79. The van der Waals surface area contributed by atoms with E-state index >= 15 is 0 Å². The molecule has 0 spiro atoms. The number of isothiocyanates is 1. The van der Waals surface area contributed by atoms with Crippen LogP contribution in [0.1, 0.15) is 29.7 Å². The minimum absolute atomic E-state index is 0.893. The third-order valence-electron chi connectivity index (χ3n) is 4.69. The van der Waals surface area contributed by atoms with Crippen LogP contribution in [0.3, 0.4) is 0 Å². The van der Waals surface area contributed by atoms with Crippen molar-refractivity contribution in [1.82, 2.24) is 0 Å². The van der Waals surface area contributed by atoms with Crippen LogP contribution in [0.2, 0.25) is 0 Å². The molecule has 0 N–H and O–H groups in total. The number of nitrogens with zero attached hydrogens (tertiary/aromatic N) is 1. The second-order valence-electron chi connectivity index (χ2n) is 6.57. The Balaban J connectivity index is 1.55. The molecule has 3 aromatic rings. The smallest absolute Gasteiger partial charge is 0.0769 e. The maximum atomic E-state index is 4.71. The lowest BCUT2D eigenvalue weighted by Gasteiger charge is -2.02. The molecule has 1 aliphatic carbocycles. The Labute approximate surface area is 167 Å². The summed E-state index contributed by atoms with van der Waals surface area (Å²) in [5, 5.41) is 2.45. The first-order chi connectivity index (χ1) is 12.7. The van der Waals surface area contributed by atoms with E-state index in [2.05, 4.69) is 59.6 Å². The SMILES string of the molecule is Cc1cc(-c2ccc(-c3ccc(CC4=CCCC4)s3)s2)ccc1N=C=S. The van der Waals surface area contributed by atoms with E-state index in [0.717, 1.165) is 17.7 Å². The Morgan fingerprint density at radius 2 is 1.85 bits per heavy atom. The molecule has 1 aliphatic rings. The highest BCUT2D eigenvalue weighted by Crippen LogP contribution is 2.39. The van der Waals surface area contributed by atoms with Crippen molar-refractivity contribution in [3.05, 3.63) is 64.6 Å². The molecule has 0 saturated carbocycles. The van der Waals surface area contributed by atoms with Gasteiger partial charge in [0, 0.05) is 25.9 Å². The molecule has 1 nitrogen and oxygen atoms in total. The Hall–Kier alpha value is -1.84. The average molecular weight is 394 g/mol. The van der Waals surface area contributed by atoms with Crippen molar-refractivity contribution in [1.29, 1.82) is 0 Å². The number of rotatable bonds is 5. The van der Waals surface area contributed by atoms with Gasteiger partial charge in [-0.05, 0) is 85.9 Å². The van der Waals surface area contributed by atoms with E-state index in [0.29, 0.717) is 0 Å². The van der Waals surface area contributed by atoms with Crippen LogP contribution in [0.15, 0.2) is 59.1 Å². The fourth-order valence-electron chi connectivity index (χ4n) is 3.34. The fraction of sp³-hybridized carbons (Fsp3) is 0.227. The van der Waals surface area contributed by atoms with Crippen molar-refractivity contribution in [3.8, 4) is 20.2 Å². The van der Waals surface area contributed by atoms with Crippen molar-refractivity contribution in [3.63, 3.8) is 0 Å². The first kappa shape index (κ1) is 17.6. The van der Waals surface area contributed by atoms with Gasteiger partial charge in [0.2, 0.25) is 0 Å². The van der Waals surface area contributed by atoms with Gasteiger partial charge < -0.3 is 0 Å². The molecule has 0 bridgehead atoms. The number of hydrogen-bond acceptors (Lipinski definition) is 4.